The van der Waals surface area contributed by atoms with E-state index in [0.717, 1.165) is 6.42 Å². The van der Waals surface area contributed by atoms with Gasteiger partial charge in [-0.3, -0.25) is 9.59 Å². The first kappa shape index (κ1) is 12.1. The topological polar surface area (TPSA) is 55.8 Å². The van der Waals surface area contributed by atoms with Gasteiger partial charge in [-0.05, 0) is 27.2 Å². The van der Waals surface area contributed by atoms with Crippen LogP contribution in [-0.2, 0) is 19.1 Å². The van der Waals surface area contributed by atoms with Crippen LogP contribution in [0.4, 0.5) is 0 Å². The summed E-state index contributed by atoms with van der Waals surface area (Å²) in [5.74, 6) is -0.0764. The van der Waals surface area contributed by atoms with Gasteiger partial charge in [0.2, 0.25) is 0 Å². The smallest absolute Gasteiger partial charge is 0.307 e. The fraction of sp³-hybridized carbons (Fsp3) is 0.667. The van der Waals surface area contributed by atoms with Gasteiger partial charge < -0.3 is 14.4 Å². The number of carbonyl (C=O) groups is 2. The van der Waals surface area contributed by atoms with Gasteiger partial charge in [0.1, 0.15) is 11.5 Å². The van der Waals surface area contributed by atoms with Crippen LogP contribution in [0.3, 0.4) is 0 Å². The Labute approximate surface area is 100 Å². The van der Waals surface area contributed by atoms with Crippen molar-refractivity contribution in [2.24, 2.45) is 0 Å². The molecular formula is C12H17NO4. The van der Waals surface area contributed by atoms with Crippen molar-refractivity contribution in [2.75, 3.05) is 6.61 Å². The number of allylic oxidation sites excluding steroid dienone is 1. The molecule has 0 aromatic heterocycles. The fourth-order valence-electron chi connectivity index (χ4n) is 2.52. The van der Waals surface area contributed by atoms with E-state index in [2.05, 4.69) is 0 Å². The Morgan fingerprint density at radius 1 is 1.47 bits per heavy atom. The van der Waals surface area contributed by atoms with Crippen molar-refractivity contribution in [1.82, 2.24) is 4.90 Å². The minimum atomic E-state index is -0.569. The van der Waals surface area contributed by atoms with Crippen LogP contribution in [0.25, 0.3) is 0 Å². The second kappa shape index (κ2) is 3.84. The Bertz CT molecular complexity index is 411. The van der Waals surface area contributed by atoms with Gasteiger partial charge in [-0.2, -0.15) is 0 Å². The van der Waals surface area contributed by atoms with Gasteiger partial charge in [0.15, 0.2) is 0 Å². The molecular weight excluding hydrogens is 222 g/mol. The van der Waals surface area contributed by atoms with Gasteiger partial charge in [0.05, 0.1) is 18.2 Å². The minimum absolute atomic E-state index is 0.0191. The Kier molecular flexibility index (Phi) is 2.73. The Hall–Kier alpha value is -1.36. The van der Waals surface area contributed by atoms with Crippen LogP contribution in [-0.4, -0.2) is 35.2 Å². The number of β-lactam (4-membered cyclic amide) rings is 1. The summed E-state index contributed by atoms with van der Waals surface area (Å²) in [5, 5.41) is 0. The molecule has 0 aliphatic carbocycles. The molecule has 17 heavy (non-hydrogen) atoms. The summed E-state index contributed by atoms with van der Waals surface area (Å²) in [6.45, 7) is 7.34. The van der Waals surface area contributed by atoms with Crippen LogP contribution in [0.5, 0.6) is 0 Å². The Morgan fingerprint density at radius 3 is 2.71 bits per heavy atom. The molecule has 0 radical (unpaired) electrons. The van der Waals surface area contributed by atoms with Crippen LogP contribution >= 0.6 is 0 Å². The third-order valence-electron chi connectivity index (χ3n) is 3.20. The van der Waals surface area contributed by atoms with E-state index in [4.69, 9.17) is 9.47 Å². The molecule has 1 atom stereocenters. The lowest BCUT2D eigenvalue weighted by Crippen LogP contribution is -2.68. The monoisotopic (exact) mass is 239 g/mol. The lowest BCUT2D eigenvalue weighted by Gasteiger charge is -2.54. The summed E-state index contributed by atoms with van der Waals surface area (Å²) in [4.78, 5) is 24.6. The van der Waals surface area contributed by atoms with Gasteiger partial charge in [-0.25, -0.2) is 0 Å². The summed E-state index contributed by atoms with van der Waals surface area (Å²) in [7, 11) is 0. The van der Waals surface area contributed by atoms with Gasteiger partial charge in [-0.15, -0.1) is 0 Å². The van der Waals surface area contributed by atoms with Crippen LogP contribution in [0.1, 0.15) is 34.1 Å². The molecule has 0 bridgehead atoms. The van der Waals surface area contributed by atoms with Crippen LogP contribution in [0.15, 0.2) is 11.3 Å². The van der Waals surface area contributed by atoms with Crippen molar-refractivity contribution in [3.05, 3.63) is 11.3 Å². The van der Waals surface area contributed by atoms with E-state index in [1.807, 2.05) is 13.8 Å². The van der Waals surface area contributed by atoms with E-state index in [0.29, 0.717) is 17.9 Å². The number of rotatable bonds is 1. The van der Waals surface area contributed by atoms with Crippen molar-refractivity contribution in [3.8, 4) is 0 Å². The molecule has 1 unspecified atom stereocenters. The Balaban J connectivity index is 2.25. The summed E-state index contributed by atoms with van der Waals surface area (Å²) in [5.41, 5.74) is 0.0385. The zero-order valence-corrected chi connectivity index (χ0v) is 10.6. The number of nitrogens with zero attached hydrogens (tertiary/aromatic N) is 1. The highest BCUT2D eigenvalue weighted by molar-refractivity contribution is 6.03. The van der Waals surface area contributed by atoms with Gasteiger partial charge in [-0.1, -0.05) is 0 Å². The summed E-state index contributed by atoms with van der Waals surface area (Å²) in [6, 6.07) is 0.0191. The molecule has 2 aliphatic heterocycles. The van der Waals surface area contributed by atoms with Crippen molar-refractivity contribution < 1.29 is 19.1 Å². The predicted octanol–water partition coefficient (Wildman–Crippen LogP) is 1.19. The molecule has 2 heterocycles. The number of carbonyl (C=O) groups excluding carboxylic acids is 2. The maximum absolute atomic E-state index is 12.0. The molecule has 94 valence electrons. The lowest BCUT2D eigenvalue weighted by molar-refractivity contribution is -0.205. The maximum atomic E-state index is 12.0. The molecule has 2 fully saturated rings. The normalized spacial score (nSPS) is 29.3. The van der Waals surface area contributed by atoms with Crippen LogP contribution < -0.4 is 0 Å². The summed E-state index contributed by atoms with van der Waals surface area (Å²) < 4.78 is 10.5. The van der Waals surface area contributed by atoms with Gasteiger partial charge >= 0.3 is 5.97 Å². The van der Waals surface area contributed by atoms with E-state index < -0.39 is 11.7 Å². The molecule has 2 saturated heterocycles. The molecule has 2 aliphatic rings. The molecule has 0 aromatic rings. The van der Waals surface area contributed by atoms with Crippen molar-refractivity contribution in [3.63, 3.8) is 0 Å². The minimum Gasteiger partial charge on any atom is -0.431 e. The highest BCUT2D eigenvalue weighted by Gasteiger charge is 2.53. The highest BCUT2D eigenvalue weighted by Crippen LogP contribution is 2.41. The first-order valence-electron chi connectivity index (χ1n) is 5.71. The average molecular weight is 239 g/mol. The van der Waals surface area contributed by atoms with E-state index >= 15 is 0 Å². The van der Waals surface area contributed by atoms with Gasteiger partial charge in [0, 0.05) is 6.92 Å². The molecule has 0 saturated carbocycles. The molecule has 0 N–H and O–H groups in total. The second-order valence-electron chi connectivity index (χ2n) is 4.84. The number of esters is 1. The molecule has 0 aromatic carbocycles. The van der Waals surface area contributed by atoms with Crippen molar-refractivity contribution >= 4 is 11.9 Å². The molecule has 5 nitrogen and oxygen atoms in total. The number of ether oxygens (including phenoxy) is 2. The first-order valence-corrected chi connectivity index (χ1v) is 5.71. The van der Waals surface area contributed by atoms with E-state index in [9.17, 15) is 9.59 Å². The molecule has 0 spiro atoms. The molecule has 1 amide bonds. The third-order valence-corrected chi connectivity index (χ3v) is 3.20. The van der Waals surface area contributed by atoms with Crippen molar-refractivity contribution in [2.45, 2.75) is 45.9 Å². The third kappa shape index (κ3) is 1.84. The zero-order valence-electron chi connectivity index (χ0n) is 10.6. The van der Waals surface area contributed by atoms with Crippen LogP contribution in [0, 0.1) is 0 Å². The summed E-state index contributed by atoms with van der Waals surface area (Å²) in [6.07, 6.45) is 0.753. The highest BCUT2D eigenvalue weighted by atomic mass is 16.5. The number of fused-ring (bicyclic) bond motifs is 1. The maximum Gasteiger partial charge on any atom is 0.307 e. The van der Waals surface area contributed by atoms with Gasteiger partial charge in [0.25, 0.3) is 5.91 Å². The average Bonchev–Trinajstić information content (AvgIpc) is 2.13. The van der Waals surface area contributed by atoms with E-state index in [1.165, 1.54) is 6.92 Å². The number of hydrogen-bond acceptors (Lipinski definition) is 4. The Morgan fingerprint density at radius 2 is 2.12 bits per heavy atom. The quantitative estimate of drug-likeness (QED) is 0.298. The first-order chi connectivity index (χ1) is 7.84. The second-order valence-corrected chi connectivity index (χ2v) is 4.84. The van der Waals surface area contributed by atoms with Crippen LogP contribution in [0.2, 0.25) is 0 Å². The molecule has 5 heteroatoms. The lowest BCUT2D eigenvalue weighted by atomic mass is 9.86. The van der Waals surface area contributed by atoms with Crippen molar-refractivity contribution in [1.29, 1.82) is 0 Å². The molecule has 2 rings (SSSR count). The number of hydrogen-bond donors (Lipinski definition) is 0. The zero-order chi connectivity index (χ0) is 12.8. The SMILES string of the molecule is CC(=O)O/C(C)=C1\C(=O)N2C1CCOC2(C)C. The standard InChI is InChI=1S/C12H17NO4/c1-7(17-8(2)14)10-9-5-6-16-12(3,4)13(9)11(10)15/h9H,5-6H2,1-4H3/b10-7-. The predicted molar refractivity (Wildman–Crippen MR) is 59.7 cm³/mol. The summed E-state index contributed by atoms with van der Waals surface area (Å²) >= 11 is 0. The largest absolute Gasteiger partial charge is 0.431 e. The fourth-order valence-corrected chi connectivity index (χ4v) is 2.52. The van der Waals surface area contributed by atoms with E-state index in [-0.39, 0.29) is 11.9 Å². The van der Waals surface area contributed by atoms with E-state index in [1.54, 1.807) is 11.8 Å². The number of amides is 1.